The zero-order valence-electron chi connectivity index (χ0n) is 10.9. The molecule has 6 heteroatoms. The molecular formula is C11H24N3O3+. The second kappa shape index (κ2) is 7.24. The third-order valence-corrected chi connectivity index (χ3v) is 2.20. The molecule has 0 saturated carbocycles. The van der Waals surface area contributed by atoms with Crippen molar-refractivity contribution in [2.75, 3.05) is 34.2 Å². The number of hydrogen-bond acceptors (Lipinski definition) is 3. The summed E-state index contributed by atoms with van der Waals surface area (Å²) in [5.41, 5.74) is 5.35. The fraction of sp³-hybridized carbons (Fsp3) is 0.818. The molecule has 6 nitrogen and oxygen atoms in total. The number of carboxylic acids is 1. The van der Waals surface area contributed by atoms with Crippen LogP contribution in [0.25, 0.3) is 0 Å². The Morgan fingerprint density at radius 1 is 1.29 bits per heavy atom. The van der Waals surface area contributed by atoms with Crippen LogP contribution in [-0.4, -0.2) is 61.7 Å². The summed E-state index contributed by atoms with van der Waals surface area (Å²) in [7, 11) is 5.85. The summed E-state index contributed by atoms with van der Waals surface area (Å²) in [4.78, 5) is 21.8. The van der Waals surface area contributed by atoms with Crippen molar-refractivity contribution in [1.82, 2.24) is 5.32 Å². The molecule has 17 heavy (non-hydrogen) atoms. The van der Waals surface area contributed by atoms with Crippen molar-refractivity contribution in [2.45, 2.75) is 25.3 Å². The van der Waals surface area contributed by atoms with E-state index in [0.717, 1.165) is 6.42 Å². The van der Waals surface area contributed by atoms with E-state index in [1.165, 1.54) is 0 Å². The summed E-state index contributed by atoms with van der Waals surface area (Å²) in [6, 6.07) is -0.794. The third kappa shape index (κ3) is 9.77. The van der Waals surface area contributed by atoms with Gasteiger partial charge in [0, 0.05) is 6.54 Å². The Morgan fingerprint density at radius 2 is 1.88 bits per heavy atom. The van der Waals surface area contributed by atoms with E-state index in [0.29, 0.717) is 30.4 Å². The highest BCUT2D eigenvalue weighted by Crippen LogP contribution is 1.98. The molecule has 0 bridgehead atoms. The van der Waals surface area contributed by atoms with Crippen LogP contribution in [0.5, 0.6) is 0 Å². The van der Waals surface area contributed by atoms with E-state index in [1.54, 1.807) is 0 Å². The van der Waals surface area contributed by atoms with Crippen LogP contribution in [0, 0.1) is 0 Å². The van der Waals surface area contributed by atoms with Gasteiger partial charge >= 0.3 is 5.97 Å². The molecular weight excluding hydrogens is 222 g/mol. The number of hydrogen-bond donors (Lipinski definition) is 3. The monoisotopic (exact) mass is 246 g/mol. The van der Waals surface area contributed by atoms with Crippen molar-refractivity contribution in [3.63, 3.8) is 0 Å². The van der Waals surface area contributed by atoms with Crippen molar-refractivity contribution >= 4 is 11.9 Å². The number of nitrogens with two attached hydrogens (primary N) is 1. The van der Waals surface area contributed by atoms with Gasteiger partial charge in [-0.3, -0.25) is 9.59 Å². The summed E-state index contributed by atoms with van der Waals surface area (Å²) in [6.45, 7) is 1.01. The molecule has 0 rings (SSSR count). The zero-order valence-corrected chi connectivity index (χ0v) is 10.9. The number of nitrogens with zero attached hydrogens (tertiary/aromatic N) is 1. The fourth-order valence-electron chi connectivity index (χ4n) is 1.33. The molecule has 0 aliphatic carbocycles. The largest absolute Gasteiger partial charge is 0.480 e. The minimum atomic E-state index is -0.973. The van der Waals surface area contributed by atoms with Crippen molar-refractivity contribution in [2.24, 2.45) is 5.73 Å². The first-order chi connectivity index (χ1) is 7.72. The Balaban J connectivity index is 3.52. The minimum Gasteiger partial charge on any atom is -0.480 e. The second-order valence-corrected chi connectivity index (χ2v) is 5.24. The molecule has 0 spiro atoms. The van der Waals surface area contributed by atoms with Gasteiger partial charge in [0.25, 0.3) is 5.91 Å². The van der Waals surface area contributed by atoms with Gasteiger partial charge in [0.05, 0.1) is 21.1 Å². The predicted octanol–water partition coefficient (Wildman–Crippen LogP) is -0.609. The molecule has 0 aromatic rings. The van der Waals surface area contributed by atoms with E-state index < -0.39 is 12.0 Å². The Hall–Kier alpha value is -1.14. The molecule has 0 aliphatic rings. The van der Waals surface area contributed by atoms with Crippen LogP contribution in [0.15, 0.2) is 0 Å². The summed E-state index contributed by atoms with van der Waals surface area (Å²) in [5.74, 6) is -0.959. The average Bonchev–Trinajstić information content (AvgIpc) is 2.13. The zero-order chi connectivity index (χ0) is 13.5. The van der Waals surface area contributed by atoms with Crippen LogP contribution in [0.4, 0.5) is 0 Å². The first-order valence-electron chi connectivity index (χ1n) is 5.78. The van der Waals surface area contributed by atoms with E-state index in [4.69, 9.17) is 10.8 Å². The topological polar surface area (TPSA) is 92.4 Å². The lowest BCUT2D eigenvalue weighted by molar-refractivity contribution is -0.862. The molecule has 0 aliphatic heterocycles. The Morgan fingerprint density at radius 3 is 2.35 bits per heavy atom. The van der Waals surface area contributed by atoms with Crippen LogP contribution in [0.3, 0.4) is 0 Å². The maximum Gasteiger partial charge on any atom is 0.320 e. The van der Waals surface area contributed by atoms with E-state index in [2.05, 4.69) is 5.32 Å². The third-order valence-electron chi connectivity index (χ3n) is 2.20. The number of unbranched alkanes of at least 4 members (excludes halogenated alkanes) is 1. The fourth-order valence-corrected chi connectivity index (χ4v) is 1.33. The number of quaternary nitrogens is 1. The van der Waals surface area contributed by atoms with Gasteiger partial charge in [-0.25, -0.2) is 0 Å². The number of likely N-dealkylation sites (N-methyl/N-ethyl adjacent to an activating group) is 1. The van der Waals surface area contributed by atoms with Crippen molar-refractivity contribution in [1.29, 1.82) is 0 Å². The predicted molar refractivity (Wildman–Crippen MR) is 65.4 cm³/mol. The minimum absolute atomic E-state index is 0.0139. The highest BCUT2D eigenvalue weighted by atomic mass is 16.4. The van der Waals surface area contributed by atoms with Crippen LogP contribution in [-0.2, 0) is 9.59 Å². The maximum absolute atomic E-state index is 11.4. The number of carbonyl (C=O) groups excluding carboxylic acids is 1. The molecule has 0 saturated heterocycles. The number of amides is 1. The van der Waals surface area contributed by atoms with E-state index in [1.807, 2.05) is 21.1 Å². The number of carbonyl (C=O) groups is 2. The molecule has 100 valence electrons. The van der Waals surface area contributed by atoms with Crippen LogP contribution in [0.1, 0.15) is 19.3 Å². The van der Waals surface area contributed by atoms with Gasteiger partial charge in [-0.05, 0) is 19.3 Å². The summed E-state index contributed by atoms with van der Waals surface area (Å²) in [6.07, 6.45) is 1.91. The van der Waals surface area contributed by atoms with Crippen molar-refractivity contribution in [3.8, 4) is 0 Å². The molecule has 0 radical (unpaired) electrons. The van der Waals surface area contributed by atoms with Gasteiger partial charge in [0.2, 0.25) is 0 Å². The first-order valence-corrected chi connectivity index (χ1v) is 5.78. The lowest BCUT2D eigenvalue weighted by atomic mass is 10.1. The number of nitrogens with one attached hydrogen (secondary N) is 1. The van der Waals surface area contributed by atoms with Crippen LogP contribution in [0.2, 0.25) is 0 Å². The smallest absolute Gasteiger partial charge is 0.320 e. The van der Waals surface area contributed by atoms with Crippen molar-refractivity contribution < 1.29 is 19.2 Å². The molecule has 0 unspecified atom stereocenters. The summed E-state index contributed by atoms with van der Waals surface area (Å²) < 4.78 is 0.593. The highest BCUT2D eigenvalue weighted by Gasteiger charge is 2.13. The van der Waals surface area contributed by atoms with Gasteiger partial charge in [0.15, 0.2) is 6.54 Å². The molecule has 0 fully saturated rings. The summed E-state index contributed by atoms with van der Waals surface area (Å²) >= 11 is 0. The lowest BCUT2D eigenvalue weighted by Gasteiger charge is -2.22. The molecule has 0 aromatic heterocycles. The average molecular weight is 246 g/mol. The molecule has 1 amide bonds. The van der Waals surface area contributed by atoms with Crippen molar-refractivity contribution in [3.05, 3.63) is 0 Å². The molecule has 1 atom stereocenters. The van der Waals surface area contributed by atoms with Crippen LogP contribution < -0.4 is 11.1 Å². The van der Waals surface area contributed by atoms with Gasteiger partial charge in [0.1, 0.15) is 6.04 Å². The van der Waals surface area contributed by atoms with E-state index in [9.17, 15) is 9.59 Å². The normalized spacial score (nSPS) is 13.2. The quantitative estimate of drug-likeness (QED) is 0.393. The molecule has 4 N–H and O–H groups in total. The summed E-state index contributed by atoms with van der Waals surface area (Å²) in [5, 5.41) is 11.4. The highest BCUT2D eigenvalue weighted by molar-refractivity contribution is 5.77. The Labute approximate surface area is 102 Å². The SMILES string of the molecule is C[N+](C)(C)CC(=O)NCCCC[C@@H](N)C(=O)O. The van der Waals surface area contributed by atoms with Gasteiger partial charge in [-0.1, -0.05) is 0 Å². The van der Waals surface area contributed by atoms with Gasteiger partial charge < -0.3 is 20.6 Å². The van der Waals surface area contributed by atoms with Gasteiger partial charge in [-0.2, -0.15) is 0 Å². The maximum atomic E-state index is 11.4. The van der Waals surface area contributed by atoms with E-state index >= 15 is 0 Å². The lowest BCUT2D eigenvalue weighted by Crippen LogP contribution is -2.44. The Kier molecular flexibility index (Phi) is 6.75. The molecule has 0 heterocycles. The number of aliphatic carboxylic acids is 1. The number of rotatable bonds is 8. The standard InChI is InChI=1S/C11H23N3O3/c1-14(2,3)8-10(15)13-7-5-4-6-9(12)11(16)17/h9H,4-8,12H2,1-3H3,(H-,13,15,16,17)/p+1/t9-/m1/s1. The van der Waals surface area contributed by atoms with Crippen LogP contribution >= 0.6 is 0 Å². The Bertz CT molecular complexity index is 261. The van der Waals surface area contributed by atoms with E-state index in [-0.39, 0.29) is 5.91 Å². The molecule has 0 aromatic carbocycles. The second-order valence-electron chi connectivity index (χ2n) is 5.24. The van der Waals surface area contributed by atoms with Gasteiger partial charge in [-0.15, -0.1) is 0 Å². The number of carboxylic acid groups (broad SMARTS) is 1. The first kappa shape index (κ1) is 15.9.